The Morgan fingerprint density at radius 1 is 1.15 bits per heavy atom. The number of ether oxygens (including phenoxy) is 2. The van der Waals surface area contributed by atoms with Crippen molar-refractivity contribution in [1.82, 2.24) is 14.7 Å². The van der Waals surface area contributed by atoms with Gasteiger partial charge in [-0.1, -0.05) is 19.3 Å². The molecule has 1 aromatic rings. The molecule has 0 unspecified atom stereocenters. The summed E-state index contributed by atoms with van der Waals surface area (Å²) in [7, 11) is 0. The average molecular weight is 369 g/mol. The van der Waals surface area contributed by atoms with E-state index in [0.717, 1.165) is 38.7 Å². The van der Waals surface area contributed by atoms with Gasteiger partial charge in [0.2, 0.25) is 5.88 Å². The highest BCUT2D eigenvalue weighted by molar-refractivity contribution is 6.27. The first kappa shape index (κ1) is 20.2. The number of morpholine rings is 1. The van der Waals surface area contributed by atoms with Crippen LogP contribution in [0.2, 0.25) is 0 Å². The lowest BCUT2D eigenvalue weighted by Crippen LogP contribution is -2.38. The molecule has 2 N–H and O–H groups in total. The highest BCUT2D eigenvalue weighted by Gasteiger charge is 2.16. The Hall–Kier alpha value is -2.13. The zero-order valence-corrected chi connectivity index (χ0v) is 14.9. The molecule has 0 spiro atoms. The quantitative estimate of drug-likeness (QED) is 0.746. The lowest BCUT2D eigenvalue weighted by molar-refractivity contribution is -0.159. The van der Waals surface area contributed by atoms with Gasteiger partial charge in [-0.2, -0.15) is 0 Å². The predicted molar refractivity (Wildman–Crippen MR) is 92.4 cm³/mol. The van der Waals surface area contributed by atoms with Crippen LogP contribution in [0.3, 0.4) is 0 Å². The molecular formula is C17H27N3O6. The minimum Gasteiger partial charge on any atom is -0.475 e. The van der Waals surface area contributed by atoms with Crippen molar-refractivity contribution in [2.24, 2.45) is 0 Å². The van der Waals surface area contributed by atoms with Crippen molar-refractivity contribution in [3.8, 4) is 5.88 Å². The van der Waals surface area contributed by atoms with Crippen molar-refractivity contribution in [1.29, 1.82) is 0 Å². The van der Waals surface area contributed by atoms with Gasteiger partial charge < -0.3 is 19.7 Å². The number of carboxylic acids is 2. The van der Waals surface area contributed by atoms with Gasteiger partial charge in [-0.3, -0.25) is 9.58 Å². The molecule has 146 valence electrons. The van der Waals surface area contributed by atoms with Gasteiger partial charge in [-0.15, -0.1) is 5.10 Å². The second kappa shape index (κ2) is 10.8. The third-order valence-electron chi connectivity index (χ3n) is 4.48. The van der Waals surface area contributed by atoms with Crippen LogP contribution in [0.4, 0.5) is 0 Å². The number of aromatic nitrogens is 2. The zero-order valence-electron chi connectivity index (χ0n) is 14.9. The van der Waals surface area contributed by atoms with E-state index < -0.39 is 11.9 Å². The first-order chi connectivity index (χ1) is 12.6. The van der Waals surface area contributed by atoms with Crippen molar-refractivity contribution < 1.29 is 29.3 Å². The summed E-state index contributed by atoms with van der Waals surface area (Å²) in [5, 5.41) is 19.4. The van der Waals surface area contributed by atoms with Crippen molar-refractivity contribution in [2.75, 3.05) is 39.5 Å². The normalized spacial score (nSPS) is 18.6. The molecule has 1 saturated heterocycles. The molecule has 1 aliphatic carbocycles. The standard InChI is InChI=1S/C15H25N3O2.C2H2O4/c1-2-4-14(5-3-1)18-7-6-15(16-18)20-13-10-17-8-11-19-12-9-17;3-1(4)2(5)6/h6-7,14H,1-5,8-13H2;(H,3,4)(H,5,6). The number of hydrogen-bond acceptors (Lipinski definition) is 6. The van der Waals surface area contributed by atoms with Gasteiger partial charge >= 0.3 is 11.9 Å². The summed E-state index contributed by atoms with van der Waals surface area (Å²) in [4.78, 5) is 20.6. The highest BCUT2D eigenvalue weighted by atomic mass is 16.5. The van der Waals surface area contributed by atoms with Crippen LogP contribution in [-0.4, -0.2) is 76.3 Å². The molecule has 0 aromatic carbocycles. The molecule has 3 rings (SSSR count). The average Bonchev–Trinajstić information content (AvgIpc) is 3.13. The fourth-order valence-corrected chi connectivity index (χ4v) is 3.05. The minimum absolute atomic E-state index is 0.584. The van der Waals surface area contributed by atoms with E-state index >= 15 is 0 Å². The molecule has 1 aliphatic heterocycles. The maximum absolute atomic E-state index is 9.10. The summed E-state index contributed by atoms with van der Waals surface area (Å²) in [5.41, 5.74) is 0. The van der Waals surface area contributed by atoms with Gasteiger partial charge in [0.15, 0.2) is 0 Å². The molecule has 1 saturated carbocycles. The van der Waals surface area contributed by atoms with Crippen LogP contribution in [0.15, 0.2) is 12.3 Å². The van der Waals surface area contributed by atoms with Crippen molar-refractivity contribution in [2.45, 2.75) is 38.1 Å². The second-order valence-corrected chi connectivity index (χ2v) is 6.34. The lowest BCUT2D eigenvalue weighted by Gasteiger charge is -2.26. The highest BCUT2D eigenvalue weighted by Crippen LogP contribution is 2.28. The van der Waals surface area contributed by atoms with Crippen LogP contribution >= 0.6 is 0 Å². The number of carboxylic acid groups (broad SMARTS) is 2. The summed E-state index contributed by atoms with van der Waals surface area (Å²) < 4.78 is 13.2. The Morgan fingerprint density at radius 3 is 2.42 bits per heavy atom. The third kappa shape index (κ3) is 7.01. The molecule has 9 heteroatoms. The maximum atomic E-state index is 9.10. The largest absolute Gasteiger partial charge is 0.475 e. The van der Waals surface area contributed by atoms with Crippen LogP contribution in [0.5, 0.6) is 5.88 Å². The molecule has 26 heavy (non-hydrogen) atoms. The van der Waals surface area contributed by atoms with Gasteiger partial charge in [0.1, 0.15) is 6.61 Å². The Balaban J connectivity index is 0.000000352. The van der Waals surface area contributed by atoms with Crippen LogP contribution in [0.1, 0.15) is 38.1 Å². The fourth-order valence-electron chi connectivity index (χ4n) is 3.05. The lowest BCUT2D eigenvalue weighted by atomic mass is 9.96. The molecule has 0 atom stereocenters. The van der Waals surface area contributed by atoms with E-state index in [2.05, 4.69) is 20.9 Å². The molecule has 0 amide bonds. The van der Waals surface area contributed by atoms with Gasteiger partial charge in [0, 0.05) is 31.9 Å². The molecule has 0 bridgehead atoms. The van der Waals surface area contributed by atoms with Crippen LogP contribution in [0, 0.1) is 0 Å². The molecule has 2 aliphatic rings. The number of rotatable bonds is 5. The SMILES string of the molecule is O=C(O)C(=O)O.c1cn(C2CCCCC2)nc1OCCN1CCOCC1. The second-order valence-electron chi connectivity index (χ2n) is 6.34. The Bertz CT molecular complexity index is 553. The monoisotopic (exact) mass is 369 g/mol. The molecule has 0 radical (unpaired) electrons. The van der Waals surface area contributed by atoms with Gasteiger partial charge in [-0.05, 0) is 12.8 Å². The van der Waals surface area contributed by atoms with Crippen molar-refractivity contribution in [3.63, 3.8) is 0 Å². The van der Waals surface area contributed by atoms with E-state index in [9.17, 15) is 0 Å². The van der Waals surface area contributed by atoms with E-state index in [1.165, 1.54) is 32.1 Å². The molecular weight excluding hydrogens is 342 g/mol. The molecule has 1 aromatic heterocycles. The molecule has 9 nitrogen and oxygen atoms in total. The Morgan fingerprint density at radius 2 is 1.81 bits per heavy atom. The third-order valence-corrected chi connectivity index (χ3v) is 4.48. The summed E-state index contributed by atoms with van der Waals surface area (Å²) in [5.74, 6) is -2.88. The Kier molecular flexibility index (Phi) is 8.36. The summed E-state index contributed by atoms with van der Waals surface area (Å²) in [6, 6.07) is 2.58. The van der Waals surface area contributed by atoms with Crippen LogP contribution in [0.25, 0.3) is 0 Å². The summed E-state index contributed by atoms with van der Waals surface area (Å²) >= 11 is 0. The number of aliphatic carboxylic acids is 2. The van der Waals surface area contributed by atoms with E-state index in [1.54, 1.807) is 0 Å². The van der Waals surface area contributed by atoms with E-state index in [1.807, 2.05) is 6.07 Å². The predicted octanol–water partition coefficient (Wildman–Crippen LogP) is 1.25. The topological polar surface area (TPSA) is 114 Å². The van der Waals surface area contributed by atoms with E-state index in [4.69, 9.17) is 29.3 Å². The maximum Gasteiger partial charge on any atom is 0.414 e. The van der Waals surface area contributed by atoms with E-state index in [-0.39, 0.29) is 0 Å². The van der Waals surface area contributed by atoms with Crippen molar-refractivity contribution >= 4 is 11.9 Å². The summed E-state index contributed by atoms with van der Waals surface area (Å²) in [6.45, 7) is 5.38. The van der Waals surface area contributed by atoms with Crippen molar-refractivity contribution in [3.05, 3.63) is 12.3 Å². The minimum atomic E-state index is -1.82. The van der Waals surface area contributed by atoms with E-state index in [0.29, 0.717) is 12.6 Å². The summed E-state index contributed by atoms with van der Waals surface area (Å²) in [6.07, 6.45) is 8.63. The van der Waals surface area contributed by atoms with Gasteiger partial charge in [0.05, 0.1) is 19.3 Å². The van der Waals surface area contributed by atoms with Gasteiger partial charge in [-0.25, -0.2) is 9.59 Å². The van der Waals surface area contributed by atoms with Crippen LogP contribution in [-0.2, 0) is 14.3 Å². The number of nitrogens with zero attached hydrogens (tertiary/aromatic N) is 3. The molecule has 2 fully saturated rings. The first-order valence-electron chi connectivity index (χ1n) is 9.00. The van der Waals surface area contributed by atoms with Crippen LogP contribution < -0.4 is 4.74 Å². The smallest absolute Gasteiger partial charge is 0.414 e. The van der Waals surface area contributed by atoms with Gasteiger partial charge in [0.25, 0.3) is 0 Å². The zero-order chi connectivity index (χ0) is 18.8. The first-order valence-corrected chi connectivity index (χ1v) is 9.00. The number of hydrogen-bond donors (Lipinski definition) is 2. The molecule has 2 heterocycles. The Labute approximate surface area is 152 Å². The number of carbonyl (C=O) groups is 2. The fraction of sp³-hybridized carbons (Fsp3) is 0.706.